The van der Waals surface area contributed by atoms with Crippen molar-refractivity contribution < 1.29 is 18.0 Å². The molecule has 2 aliphatic rings. The first-order valence-electron chi connectivity index (χ1n) is 11.5. The first-order valence-corrected chi connectivity index (χ1v) is 13.0. The van der Waals surface area contributed by atoms with E-state index in [1.54, 1.807) is 18.2 Å². The quantitative estimate of drug-likeness (QED) is 0.675. The first kappa shape index (κ1) is 23.4. The van der Waals surface area contributed by atoms with Crippen LogP contribution in [0, 0.1) is 6.92 Å². The molecule has 8 heteroatoms. The number of carbonyl (C=O) groups is 2. The molecule has 0 unspecified atom stereocenters. The van der Waals surface area contributed by atoms with Gasteiger partial charge in [-0.1, -0.05) is 43.2 Å². The van der Waals surface area contributed by atoms with Crippen LogP contribution in [0.3, 0.4) is 0 Å². The van der Waals surface area contributed by atoms with Crippen LogP contribution in [-0.2, 0) is 26.0 Å². The smallest absolute Gasteiger partial charge is 0.245 e. The minimum absolute atomic E-state index is 0.0540. The summed E-state index contributed by atoms with van der Waals surface area (Å²) in [6, 6.07) is 12.3. The van der Waals surface area contributed by atoms with E-state index in [0.717, 1.165) is 42.4 Å². The molecule has 2 aromatic carbocycles. The molecule has 0 aromatic heterocycles. The van der Waals surface area contributed by atoms with Crippen molar-refractivity contribution in [2.45, 2.75) is 69.4 Å². The Morgan fingerprint density at radius 3 is 2.55 bits per heavy atom. The molecule has 1 heterocycles. The molecule has 1 atom stereocenters. The molecule has 7 nitrogen and oxygen atoms in total. The van der Waals surface area contributed by atoms with E-state index >= 15 is 0 Å². The highest BCUT2D eigenvalue weighted by atomic mass is 32.2. The topological polar surface area (TPSA) is 95.6 Å². The van der Waals surface area contributed by atoms with Crippen LogP contribution in [0.5, 0.6) is 0 Å². The second kappa shape index (κ2) is 9.65. The fraction of sp³-hybridized carbons (Fsp3) is 0.440. The molecule has 2 aromatic rings. The lowest BCUT2D eigenvalue weighted by Gasteiger charge is -2.36. The zero-order chi connectivity index (χ0) is 23.6. The second-order valence-corrected chi connectivity index (χ2v) is 10.9. The van der Waals surface area contributed by atoms with Gasteiger partial charge in [0.1, 0.15) is 4.90 Å². The lowest BCUT2D eigenvalue weighted by atomic mass is 9.92. The van der Waals surface area contributed by atoms with Crippen LogP contribution in [0.15, 0.2) is 47.4 Å². The van der Waals surface area contributed by atoms with Crippen molar-refractivity contribution in [3.05, 3.63) is 59.2 Å². The summed E-state index contributed by atoms with van der Waals surface area (Å²) in [4.78, 5) is 24.7. The van der Waals surface area contributed by atoms with Crippen LogP contribution in [0.4, 0.5) is 5.69 Å². The van der Waals surface area contributed by atoms with Crippen molar-refractivity contribution in [3.63, 3.8) is 0 Å². The predicted octanol–water partition coefficient (Wildman–Crippen LogP) is 3.69. The molecule has 0 bridgehead atoms. The largest absolute Gasteiger partial charge is 0.353 e. The second-order valence-electron chi connectivity index (χ2n) is 9.01. The third kappa shape index (κ3) is 5.12. The number of nitrogens with one attached hydrogen (secondary N) is 2. The number of hydrogen-bond acceptors (Lipinski definition) is 4. The number of benzene rings is 2. The zero-order valence-corrected chi connectivity index (χ0v) is 20.0. The molecule has 1 fully saturated rings. The van der Waals surface area contributed by atoms with E-state index in [-0.39, 0.29) is 41.4 Å². The van der Waals surface area contributed by atoms with Crippen LogP contribution < -0.4 is 10.6 Å². The van der Waals surface area contributed by atoms with Gasteiger partial charge in [-0.15, -0.1) is 0 Å². The summed E-state index contributed by atoms with van der Waals surface area (Å²) in [6.45, 7) is 3.44. The molecule has 176 valence electrons. The van der Waals surface area contributed by atoms with Gasteiger partial charge >= 0.3 is 0 Å². The van der Waals surface area contributed by atoms with Gasteiger partial charge in [-0.05, 0) is 55.0 Å². The van der Waals surface area contributed by atoms with Crippen LogP contribution in [0.25, 0.3) is 0 Å². The van der Waals surface area contributed by atoms with E-state index in [2.05, 4.69) is 10.6 Å². The van der Waals surface area contributed by atoms with E-state index in [1.807, 2.05) is 31.2 Å². The minimum Gasteiger partial charge on any atom is -0.353 e. The number of rotatable bonds is 6. The van der Waals surface area contributed by atoms with Crippen LogP contribution in [0.2, 0.25) is 0 Å². The number of anilines is 1. The van der Waals surface area contributed by atoms with Crippen molar-refractivity contribution in [1.29, 1.82) is 0 Å². The maximum Gasteiger partial charge on any atom is 0.245 e. The van der Waals surface area contributed by atoms with Crippen molar-refractivity contribution in [2.75, 3.05) is 11.9 Å². The van der Waals surface area contributed by atoms with Gasteiger partial charge < -0.3 is 10.6 Å². The number of sulfonamides is 1. The van der Waals surface area contributed by atoms with Gasteiger partial charge in [-0.3, -0.25) is 9.59 Å². The first-order chi connectivity index (χ1) is 15.8. The molecule has 1 saturated carbocycles. The van der Waals surface area contributed by atoms with Gasteiger partial charge in [-0.2, -0.15) is 4.31 Å². The Morgan fingerprint density at radius 1 is 1.09 bits per heavy atom. The van der Waals surface area contributed by atoms with Gasteiger partial charge in [0.25, 0.3) is 0 Å². The van der Waals surface area contributed by atoms with Crippen molar-refractivity contribution >= 4 is 27.5 Å². The van der Waals surface area contributed by atoms with Crippen molar-refractivity contribution in [1.82, 2.24) is 9.62 Å². The lowest BCUT2D eigenvalue weighted by Crippen LogP contribution is -2.43. The maximum absolute atomic E-state index is 13.9. The molecule has 2 amide bonds. The van der Waals surface area contributed by atoms with Gasteiger partial charge in [0, 0.05) is 25.9 Å². The van der Waals surface area contributed by atoms with Gasteiger partial charge in [0.05, 0.1) is 11.7 Å². The molecule has 1 aliphatic heterocycles. The minimum atomic E-state index is -3.99. The van der Waals surface area contributed by atoms with E-state index in [4.69, 9.17) is 0 Å². The van der Waals surface area contributed by atoms with Gasteiger partial charge in [-0.25, -0.2) is 8.42 Å². The fourth-order valence-corrected chi connectivity index (χ4v) is 6.76. The average Bonchev–Trinajstić information content (AvgIpc) is 3.27. The highest BCUT2D eigenvalue weighted by Crippen LogP contribution is 2.38. The van der Waals surface area contributed by atoms with E-state index in [0.29, 0.717) is 6.42 Å². The van der Waals surface area contributed by atoms with E-state index < -0.39 is 16.1 Å². The summed E-state index contributed by atoms with van der Waals surface area (Å²) in [6.07, 6.45) is 4.79. The highest BCUT2D eigenvalue weighted by Gasteiger charge is 2.39. The lowest BCUT2D eigenvalue weighted by molar-refractivity contribution is -0.122. The van der Waals surface area contributed by atoms with Crippen LogP contribution in [0.1, 0.15) is 61.8 Å². The number of aryl methyl sites for hydroxylation is 1. The van der Waals surface area contributed by atoms with Gasteiger partial charge in [0.15, 0.2) is 0 Å². The number of nitrogens with zero attached hydrogens (tertiary/aromatic N) is 1. The number of amides is 2. The van der Waals surface area contributed by atoms with E-state index in [1.165, 1.54) is 11.2 Å². The van der Waals surface area contributed by atoms with Crippen molar-refractivity contribution in [2.24, 2.45) is 0 Å². The standard InChI is InChI=1S/C25H31N3O4S/c1-17-11-12-22(26-18(2)29)24(15-17)33(31,32)28-14-13-19-7-3-6-10-21(19)23(28)16-25(30)27-20-8-4-5-9-20/h3,6-7,10-12,15,20,23H,4-5,8-9,13-14,16H2,1-2H3,(H,26,29)(H,27,30)/t23-/m0/s1. The zero-order valence-electron chi connectivity index (χ0n) is 19.1. The summed E-state index contributed by atoms with van der Waals surface area (Å²) in [7, 11) is -3.99. The Balaban J connectivity index is 1.71. The molecule has 33 heavy (non-hydrogen) atoms. The third-order valence-electron chi connectivity index (χ3n) is 6.50. The predicted molar refractivity (Wildman–Crippen MR) is 127 cm³/mol. The number of carbonyl (C=O) groups excluding carboxylic acids is 2. The average molecular weight is 470 g/mol. The molecule has 0 spiro atoms. The highest BCUT2D eigenvalue weighted by molar-refractivity contribution is 7.89. The Kier molecular flexibility index (Phi) is 6.86. The Hall–Kier alpha value is -2.71. The maximum atomic E-state index is 13.9. The van der Waals surface area contributed by atoms with Crippen LogP contribution >= 0.6 is 0 Å². The molecule has 0 radical (unpaired) electrons. The molecular formula is C25H31N3O4S. The Labute approximate surface area is 195 Å². The summed E-state index contributed by atoms with van der Waals surface area (Å²) in [5.74, 6) is -0.470. The summed E-state index contributed by atoms with van der Waals surface area (Å²) in [5.41, 5.74) is 2.95. The van der Waals surface area contributed by atoms with E-state index in [9.17, 15) is 18.0 Å². The molecule has 4 rings (SSSR count). The number of fused-ring (bicyclic) bond motifs is 1. The third-order valence-corrected chi connectivity index (χ3v) is 8.44. The van der Waals surface area contributed by atoms with Crippen LogP contribution in [-0.4, -0.2) is 37.1 Å². The number of hydrogen-bond donors (Lipinski definition) is 2. The summed E-state index contributed by atoms with van der Waals surface area (Å²) in [5, 5.41) is 5.74. The normalized spacial score (nSPS) is 19.2. The summed E-state index contributed by atoms with van der Waals surface area (Å²) >= 11 is 0. The monoisotopic (exact) mass is 469 g/mol. The Morgan fingerprint density at radius 2 is 1.82 bits per heavy atom. The Bertz CT molecular complexity index is 1160. The SMILES string of the molecule is CC(=O)Nc1ccc(C)cc1S(=O)(=O)N1CCc2ccccc2[C@@H]1CC(=O)NC1CCCC1. The summed E-state index contributed by atoms with van der Waals surface area (Å²) < 4.78 is 29.3. The molecule has 2 N–H and O–H groups in total. The van der Waals surface area contributed by atoms with Crippen molar-refractivity contribution in [3.8, 4) is 0 Å². The molecule has 1 aliphatic carbocycles. The molecular weight excluding hydrogens is 438 g/mol. The molecule has 0 saturated heterocycles. The van der Waals surface area contributed by atoms with Gasteiger partial charge in [0.2, 0.25) is 21.8 Å². The fourth-order valence-electron chi connectivity index (χ4n) is 4.92.